The molecule has 1 aliphatic heterocycles. The summed E-state index contributed by atoms with van der Waals surface area (Å²) in [6, 6.07) is 5.45. The molecule has 1 unspecified atom stereocenters. The number of alkyl halides is 1. The molecule has 88 valence electrons. The Bertz CT molecular complexity index is 362. The molecule has 1 atom stereocenters. The fraction of sp³-hybridized carbons (Fsp3) is 0.500. The zero-order valence-corrected chi connectivity index (χ0v) is 10.1. The molecule has 0 spiro atoms. The molecule has 1 aromatic rings. The highest BCUT2D eigenvalue weighted by atomic mass is 35.5. The second kappa shape index (κ2) is 5.02. The minimum absolute atomic E-state index is 0.642. The van der Waals surface area contributed by atoms with Gasteiger partial charge in [0.2, 0.25) is 0 Å². The van der Waals surface area contributed by atoms with Crippen LogP contribution in [0.15, 0.2) is 18.2 Å². The van der Waals surface area contributed by atoms with Crippen molar-refractivity contribution < 1.29 is 4.39 Å². The minimum Gasteiger partial charge on any atom is -0.368 e. The fourth-order valence-corrected chi connectivity index (χ4v) is 2.24. The van der Waals surface area contributed by atoms with Gasteiger partial charge in [0.15, 0.2) is 0 Å². The van der Waals surface area contributed by atoms with Gasteiger partial charge in [0.05, 0.1) is 10.7 Å². The highest BCUT2D eigenvalue weighted by Gasteiger charge is 2.14. The third-order valence-corrected chi connectivity index (χ3v) is 3.19. The predicted octanol–water partition coefficient (Wildman–Crippen LogP) is 2.78. The van der Waals surface area contributed by atoms with E-state index in [0.717, 1.165) is 31.9 Å². The Morgan fingerprint density at radius 1 is 1.38 bits per heavy atom. The summed E-state index contributed by atoms with van der Waals surface area (Å²) in [6.07, 6.45) is -0.963. The quantitative estimate of drug-likeness (QED) is 0.858. The lowest BCUT2D eigenvalue weighted by Crippen LogP contribution is -2.43. The van der Waals surface area contributed by atoms with E-state index < -0.39 is 6.17 Å². The van der Waals surface area contributed by atoms with Gasteiger partial charge in [0.1, 0.15) is 6.17 Å². The Kier molecular flexibility index (Phi) is 3.66. The lowest BCUT2D eigenvalue weighted by Gasteiger charge is -2.30. The third kappa shape index (κ3) is 2.47. The molecule has 0 radical (unpaired) electrons. The molecule has 1 fully saturated rings. The maximum absolute atomic E-state index is 13.1. The normalized spacial score (nSPS) is 18.6. The van der Waals surface area contributed by atoms with Crippen LogP contribution in [-0.2, 0) is 0 Å². The standard InChI is InChI=1S/C12H16ClFN2/c1-9(14)10-2-3-12(11(13)8-10)16-6-4-15-5-7-16/h2-3,8-9,15H,4-7H2,1H3. The summed E-state index contributed by atoms with van der Waals surface area (Å²) in [5, 5.41) is 3.93. The fourth-order valence-electron chi connectivity index (χ4n) is 1.93. The Hall–Kier alpha value is -0.800. The van der Waals surface area contributed by atoms with Crippen molar-refractivity contribution in [3.8, 4) is 0 Å². The van der Waals surface area contributed by atoms with E-state index >= 15 is 0 Å². The van der Waals surface area contributed by atoms with Gasteiger partial charge in [0, 0.05) is 26.2 Å². The van der Waals surface area contributed by atoms with Crippen LogP contribution in [0.25, 0.3) is 0 Å². The second-order valence-corrected chi connectivity index (χ2v) is 4.47. The molecule has 2 nitrogen and oxygen atoms in total. The van der Waals surface area contributed by atoms with Crippen LogP contribution in [0.4, 0.5) is 10.1 Å². The summed E-state index contributed by atoms with van der Waals surface area (Å²) < 4.78 is 13.1. The van der Waals surface area contributed by atoms with Gasteiger partial charge in [-0.15, -0.1) is 0 Å². The van der Waals surface area contributed by atoms with Crippen LogP contribution in [0.1, 0.15) is 18.7 Å². The second-order valence-electron chi connectivity index (χ2n) is 4.06. The smallest absolute Gasteiger partial charge is 0.122 e. The average molecular weight is 243 g/mol. The Morgan fingerprint density at radius 3 is 2.62 bits per heavy atom. The zero-order chi connectivity index (χ0) is 11.5. The van der Waals surface area contributed by atoms with E-state index in [-0.39, 0.29) is 0 Å². The van der Waals surface area contributed by atoms with E-state index in [1.807, 2.05) is 12.1 Å². The summed E-state index contributed by atoms with van der Waals surface area (Å²) >= 11 is 6.18. The van der Waals surface area contributed by atoms with Gasteiger partial charge >= 0.3 is 0 Å². The first-order chi connectivity index (χ1) is 7.68. The van der Waals surface area contributed by atoms with Crippen LogP contribution in [0.3, 0.4) is 0 Å². The number of nitrogens with zero attached hydrogens (tertiary/aromatic N) is 1. The zero-order valence-electron chi connectivity index (χ0n) is 9.34. The Balaban J connectivity index is 2.21. The van der Waals surface area contributed by atoms with Crippen molar-refractivity contribution >= 4 is 17.3 Å². The first-order valence-corrected chi connectivity index (χ1v) is 5.95. The van der Waals surface area contributed by atoms with E-state index in [0.29, 0.717) is 10.6 Å². The van der Waals surface area contributed by atoms with Crippen molar-refractivity contribution in [2.24, 2.45) is 0 Å². The highest BCUT2D eigenvalue weighted by Crippen LogP contribution is 2.30. The van der Waals surface area contributed by atoms with Crippen molar-refractivity contribution in [2.75, 3.05) is 31.1 Å². The van der Waals surface area contributed by atoms with Crippen molar-refractivity contribution in [2.45, 2.75) is 13.1 Å². The minimum atomic E-state index is -0.963. The Labute approximate surface area is 100 Å². The van der Waals surface area contributed by atoms with E-state index in [1.54, 1.807) is 6.07 Å². The monoisotopic (exact) mass is 242 g/mol. The topological polar surface area (TPSA) is 15.3 Å². The van der Waals surface area contributed by atoms with Gasteiger partial charge < -0.3 is 10.2 Å². The SMILES string of the molecule is CC(F)c1ccc(N2CCNCC2)c(Cl)c1. The van der Waals surface area contributed by atoms with Crippen molar-refractivity contribution in [3.05, 3.63) is 28.8 Å². The van der Waals surface area contributed by atoms with E-state index in [1.165, 1.54) is 6.92 Å². The molecule has 0 aliphatic carbocycles. The van der Waals surface area contributed by atoms with E-state index in [4.69, 9.17) is 11.6 Å². The van der Waals surface area contributed by atoms with Crippen molar-refractivity contribution in [1.29, 1.82) is 0 Å². The molecule has 0 saturated carbocycles. The molecular formula is C12H16ClFN2. The summed E-state index contributed by atoms with van der Waals surface area (Å²) in [5.74, 6) is 0. The number of hydrogen-bond donors (Lipinski definition) is 1. The van der Waals surface area contributed by atoms with Gasteiger partial charge in [-0.25, -0.2) is 4.39 Å². The molecule has 1 aliphatic rings. The van der Waals surface area contributed by atoms with Crippen LogP contribution in [0.2, 0.25) is 5.02 Å². The molecule has 2 rings (SSSR count). The van der Waals surface area contributed by atoms with E-state index in [2.05, 4.69) is 10.2 Å². The molecule has 0 bridgehead atoms. The lowest BCUT2D eigenvalue weighted by atomic mass is 10.1. The van der Waals surface area contributed by atoms with Gasteiger partial charge in [-0.05, 0) is 24.6 Å². The molecule has 1 heterocycles. The molecule has 16 heavy (non-hydrogen) atoms. The number of nitrogens with one attached hydrogen (secondary N) is 1. The van der Waals surface area contributed by atoms with Crippen LogP contribution in [0.5, 0.6) is 0 Å². The van der Waals surface area contributed by atoms with Crippen LogP contribution >= 0.6 is 11.6 Å². The first-order valence-electron chi connectivity index (χ1n) is 5.57. The number of piperazine rings is 1. The lowest BCUT2D eigenvalue weighted by molar-refractivity contribution is 0.374. The highest BCUT2D eigenvalue weighted by molar-refractivity contribution is 6.33. The number of halogens is 2. The van der Waals surface area contributed by atoms with Crippen molar-refractivity contribution in [1.82, 2.24) is 5.32 Å². The molecule has 0 amide bonds. The molecular weight excluding hydrogens is 227 g/mol. The molecule has 0 aromatic heterocycles. The maximum atomic E-state index is 13.1. The third-order valence-electron chi connectivity index (χ3n) is 2.89. The molecule has 1 saturated heterocycles. The number of hydrogen-bond acceptors (Lipinski definition) is 2. The van der Waals surface area contributed by atoms with Gasteiger partial charge in [0.25, 0.3) is 0 Å². The van der Waals surface area contributed by atoms with Gasteiger partial charge in [-0.1, -0.05) is 17.7 Å². The summed E-state index contributed by atoms with van der Waals surface area (Å²) in [7, 11) is 0. The van der Waals surface area contributed by atoms with Crippen LogP contribution in [-0.4, -0.2) is 26.2 Å². The van der Waals surface area contributed by atoms with Crippen molar-refractivity contribution in [3.63, 3.8) is 0 Å². The maximum Gasteiger partial charge on any atom is 0.122 e. The Morgan fingerprint density at radius 2 is 2.06 bits per heavy atom. The summed E-state index contributed by atoms with van der Waals surface area (Å²) in [6.45, 7) is 5.36. The van der Waals surface area contributed by atoms with Gasteiger partial charge in [-0.2, -0.15) is 0 Å². The molecule has 1 aromatic carbocycles. The number of rotatable bonds is 2. The van der Waals surface area contributed by atoms with E-state index in [9.17, 15) is 4.39 Å². The predicted molar refractivity (Wildman–Crippen MR) is 66.1 cm³/mol. The largest absolute Gasteiger partial charge is 0.368 e. The number of anilines is 1. The molecule has 1 N–H and O–H groups in total. The summed E-state index contributed by atoms with van der Waals surface area (Å²) in [5.41, 5.74) is 1.65. The van der Waals surface area contributed by atoms with Crippen LogP contribution < -0.4 is 10.2 Å². The number of benzene rings is 1. The van der Waals surface area contributed by atoms with Crippen LogP contribution in [0, 0.1) is 0 Å². The first kappa shape index (κ1) is 11.7. The molecule has 4 heteroatoms. The van der Waals surface area contributed by atoms with Gasteiger partial charge in [-0.3, -0.25) is 0 Å². The summed E-state index contributed by atoms with van der Waals surface area (Å²) in [4.78, 5) is 2.23. The average Bonchev–Trinajstić information content (AvgIpc) is 2.30.